The molecular weight excluding hydrogens is 312 g/mol. The van der Waals surface area contributed by atoms with E-state index in [4.69, 9.17) is 4.74 Å². The molecule has 2 rings (SSSR count). The molecule has 126 valence electrons. The van der Waals surface area contributed by atoms with Crippen molar-refractivity contribution >= 4 is 29.4 Å². The lowest BCUT2D eigenvalue weighted by Gasteiger charge is -2.29. The molecule has 0 aromatic heterocycles. The van der Waals surface area contributed by atoms with Crippen LogP contribution in [0.4, 0.5) is 10.5 Å². The van der Waals surface area contributed by atoms with Gasteiger partial charge in [-0.15, -0.1) is 11.8 Å². The lowest BCUT2D eigenvalue weighted by Crippen LogP contribution is -2.52. The average molecular weight is 336 g/mol. The van der Waals surface area contributed by atoms with Crippen LogP contribution in [-0.4, -0.2) is 35.4 Å². The number of para-hydroxylation sites is 1. The van der Waals surface area contributed by atoms with Crippen molar-refractivity contribution in [3.63, 3.8) is 0 Å². The first-order valence-electron chi connectivity index (χ1n) is 7.73. The van der Waals surface area contributed by atoms with Gasteiger partial charge in [0.25, 0.3) is 5.91 Å². The van der Waals surface area contributed by atoms with Gasteiger partial charge in [0, 0.05) is 16.7 Å². The van der Waals surface area contributed by atoms with Crippen LogP contribution in [0.5, 0.6) is 0 Å². The highest BCUT2D eigenvalue weighted by molar-refractivity contribution is 7.99. The van der Waals surface area contributed by atoms with Crippen LogP contribution >= 0.6 is 11.8 Å². The molecule has 0 radical (unpaired) electrons. The van der Waals surface area contributed by atoms with Crippen molar-refractivity contribution in [2.45, 2.75) is 57.2 Å². The van der Waals surface area contributed by atoms with E-state index in [0.29, 0.717) is 5.75 Å². The fraction of sp³-hybridized carbons (Fsp3) is 0.529. The molecule has 1 unspecified atom stereocenters. The van der Waals surface area contributed by atoms with Gasteiger partial charge in [-0.3, -0.25) is 4.79 Å². The zero-order valence-electron chi connectivity index (χ0n) is 14.3. The first kappa shape index (κ1) is 17.7. The largest absolute Gasteiger partial charge is 0.444 e. The van der Waals surface area contributed by atoms with Crippen molar-refractivity contribution in [3.8, 4) is 0 Å². The number of amides is 2. The monoisotopic (exact) mass is 336 g/mol. The third-order valence-corrected chi connectivity index (χ3v) is 4.43. The second-order valence-corrected chi connectivity index (χ2v) is 7.84. The van der Waals surface area contributed by atoms with Gasteiger partial charge >= 0.3 is 6.09 Å². The first-order chi connectivity index (χ1) is 10.7. The van der Waals surface area contributed by atoms with Gasteiger partial charge in [-0.05, 0) is 46.8 Å². The van der Waals surface area contributed by atoms with Crippen LogP contribution in [0, 0.1) is 0 Å². The summed E-state index contributed by atoms with van der Waals surface area (Å²) in [5.41, 5.74) is 0.303. The van der Waals surface area contributed by atoms with E-state index in [-0.39, 0.29) is 11.9 Å². The zero-order chi connectivity index (χ0) is 17.2. The van der Waals surface area contributed by atoms with Gasteiger partial charge in [-0.25, -0.2) is 4.79 Å². The molecule has 1 aromatic rings. The molecule has 23 heavy (non-hydrogen) atoms. The third kappa shape index (κ3) is 4.41. The Morgan fingerprint density at radius 3 is 2.61 bits per heavy atom. The summed E-state index contributed by atoms with van der Waals surface area (Å²) in [6, 6.07) is 7.21. The Balaban J connectivity index is 2.22. The average Bonchev–Trinajstić information content (AvgIpc) is 2.54. The van der Waals surface area contributed by atoms with Gasteiger partial charge < -0.3 is 15.0 Å². The molecule has 1 atom stereocenters. The molecule has 0 aliphatic carbocycles. The van der Waals surface area contributed by atoms with E-state index in [1.54, 1.807) is 37.4 Å². The van der Waals surface area contributed by atoms with Crippen molar-refractivity contribution < 1.29 is 14.3 Å². The smallest absolute Gasteiger partial charge is 0.408 e. The van der Waals surface area contributed by atoms with Crippen molar-refractivity contribution in [2.24, 2.45) is 0 Å². The summed E-state index contributed by atoms with van der Waals surface area (Å²) in [4.78, 5) is 27.7. The van der Waals surface area contributed by atoms with Crippen LogP contribution < -0.4 is 10.2 Å². The van der Waals surface area contributed by atoms with Crippen molar-refractivity contribution in [3.05, 3.63) is 24.3 Å². The molecule has 0 spiro atoms. The van der Waals surface area contributed by atoms with Crippen molar-refractivity contribution in [2.75, 3.05) is 10.7 Å². The van der Waals surface area contributed by atoms with E-state index in [9.17, 15) is 9.59 Å². The summed E-state index contributed by atoms with van der Waals surface area (Å²) in [6.45, 7) is 9.33. The summed E-state index contributed by atoms with van der Waals surface area (Å²) in [5.74, 6) is 0.376. The lowest BCUT2D eigenvalue weighted by molar-refractivity contribution is -0.120. The minimum absolute atomic E-state index is 0.00489. The SMILES string of the molecule is CC(C)N1C(=O)C(NC(=O)OC(C)(C)C)CSc2ccccc21. The number of ether oxygens (including phenoxy) is 1. The summed E-state index contributed by atoms with van der Waals surface area (Å²) >= 11 is 1.57. The van der Waals surface area contributed by atoms with Gasteiger partial charge in [0.1, 0.15) is 11.6 Å². The third-order valence-electron chi connectivity index (χ3n) is 3.27. The van der Waals surface area contributed by atoms with Gasteiger partial charge in [-0.1, -0.05) is 12.1 Å². The number of hydrogen-bond acceptors (Lipinski definition) is 4. The minimum atomic E-state index is -0.607. The molecule has 0 fully saturated rings. The Bertz CT molecular complexity index is 596. The molecular formula is C17H24N2O3S. The predicted octanol–water partition coefficient (Wildman–Crippen LogP) is 3.43. The fourth-order valence-corrected chi connectivity index (χ4v) is 3.46. The van der Waals surface area contributed by atoms with E-state index >= 15 is 0 Å². The van der Waals surface area contributed by atoms with Crippen LogP contribution in [0.15, 0.2) is 29.2 Å². The summed E-state index contributed by atoms with van der Waals surface area (Å²) in [7, 11) is 0. The number of nitrogens with one attached hydrogen (secondary N) is 1. The van der Waals surface area contributed by atoms with Crippen LogP contribution in [0.1, 0.15) is 34.6 Å². The number of carbonyl (C=O) groups excluding carboxylic acids is 2. The molecule has 2 amide bonds. The Labute approximate surface area is 141 Å². The molecule has 0 bridgehead atoms. The highest BCUT2D eigenvalue weighted by Gasteiger charge is 2.34. The van der Waals surface area contributed by atoms with Crippen LogP contribution in [0.2, 0.25) is 0 Å². The molecule has 0 saturated heterocycles. The standard InChI is InChI=1S/C17H24N2O3S/c1-11(2)19-13-8-6-7-9-14(13)23-10-12(15(19)20)18-16(21)22-17(3,4)5/h6-9,11-12H,10H2,1-5H3,(H,18,21). The number of carbonyl (C=O) groups is 2. The van der Waals surface area contributed by atoms with Crippen LogP contribution in [0.25, 0.3) is 0 Å². The highest BCUT2D eigenvalue weighted by atomic mass is 32.2. The molecule has 6 heteroatoms. The second kappa shape index (κ2) is 6.83. The summed E-state index contributed by atoms with van der Waals surface area (Å²) in [6.07, 6.45) is -0.564. The summed E-state index contributed by atoms with van der Waals surface area (Å²) in [5, 5.41) is 2.71. The lowest BCUT2D eigenvalue weighted by atomic mass is 10.2. The Hall–Kier alpha value is -1.69. The fourth-order valence-electron chi connectivity index (χ4n) is 2.40. The topological polar surface area (TPSA) is 58.6 Å². The van der Waals surface area contributed by atoms with E-state index in [1.807, 2.05) is 38.1 Å². The summed E-state index contributed by atoms with van der Waals surface area (Å²) < 4.78 is 5.27. The Morgan fingerprint density at radius 2 is 2.00 bits per heavy atom. The van der Waals surface area contributed by atoms with E-state index in [0.717, 1.165) is 10.6 Å². The number of benzene rings is 1. The van der Waals surface area contributed by atoms with E-state index in [1.165, 1.54) is 0 Å². The number of nitrogens with zero attached hydrogens (tertiary/aromatic N) is 1. The quantitative estimate of drug-likeness (QED) is 0.899. The van der Waals surface area contributed by atoms with Gasteiger partial charge in [0.2, 0.25) is 0 Å². The number of fused-ring (bicyclic) bond motifs is 1. The molecule has 5 nitrogen and oxygen atoms in total. The van der Waals surface area contributed by atoms with E-state index < -0.39 is 17.7 Å². The van der Waals surface area contributed by atoms with E-state index in [2.05, 4.69) is 5.32 Å². The molecule has 1 aliphatic rings. The van der Waals surface area contributed by atoms with Gasteiger partial charge in [-0.2, -0.15) is 0 Å². The number of anilines is 1. The maximum Gasteiger partial charge on any atom is 0.408 e. The predicted molar refractivity (Wildman–Crippen MR) is 92.9 cm³/mol. The van der Waals surface area contributed by atoms with Gasteiger partial charge in [0.05, 0.1) is 5.69 Å². The Morgan fingerprint density at radius 1 is 1.35 bits per heavy atom. The van der Waals surface area contributed by atoms with Crippen LogP contribution in [0.3, 0.4) is 0 Å². The molecule has 1 heterocycles. The normalized spacial score (nSPS) is 18.4. The number of rotatable bonds is 2. The number of thioether (sulfide) groups is 1. The minimum Gasteiger partial charge on any atom is -0.444 e. The highest BCUT2D eigenvalue weighted by Crippen LogP contribution is 2.35. The van der Waals surface area contributed by atoms with Crippen molar-refractivity contribution in [1.82, 2.24) is 5.32 Å². The van der Waals surface area contributed by atoms with Crippen molar-refractivity contribution in [1.29, 1.82) is 0 Å². The molecule has 1 aromatic carbocycles. The Kier molecular flexibility index (Phi) is 5.24. The molecule has 1 aliphatic heterocycles. The zero-order valence-corrected chi connectivity index (χ0v) is 15.1. The maximum absolute atomic E-state index is 12.9. The second-order valence-electron chi connectivity index (χ2n) is 6.78. The molecule has 0 saturated carbocycles. The number of alkyl carbamates (subject to hydrolysis) is 1. The van der Waals surface area contributed by atoms with Gasteiger partial charge in [0.15, 0.2) is 0 Å². The number of hydrogen-bond donors (Lipinski definition) is 1. The first-order valence-corrected chi connectivity index (χ1v) is 8.72. The molecule has 1 N–H and O–H groups in total. The maximum atomic E-state index is 12.9. The van der Waals surface area contributed by atoms with Crippen LogP contribution in [-0.2, 0) is 9.53 Å².